The van der Waals surface area contributed by atoms with Crippen molar-refractivity contribution in [2.45, 2.75) is 39.2 Å². The van der Waals surface area contributed by atoms with Gasteiger partial charge < -0.3 is 19.5 Å². The van der Waals surface area contributed by atoms with Crippen LogP contribution in [0.4, 0.5) is 10.5 Å². The van der Waals surface area contributed by atoms with E-state index in [1.54, 1.807) is 4.90 Å². The molecule has 1 aromatic heterocycles. The summed E-state index contributed by atoms with van der Waals surface area (Å²) in [5.41, 5.74) is 0.728. The number of nitrogens with one attached hydrogen (secondary N) is 1. The predicted molar refractivity (Wildman–Crippen MR) is 97.8 cm³/mol. The van der Waals surface area contributed by atoms with Crippen LogP contribution >= 0.6 is 0 Å². The Bertz CT molecular complexity index is 762. The fourth-order valence-electron chi connectivity index (χ4n) is 3.00. The molecule has 0 saturated carbocycles. The van der Waals surface area contributed by atoms with Crippen molar-refractivity contribution in [3.8, 4) is 0 Å². The van der Waals surface area contributed by atoms with Crippen LogP contribution in [0.3, 0.4) is 0 Å². The van der Waals surface area contributed by atoms with Gasteiger partial charge in [0.05, 0.1) is 5.92 Å². The maximum atomic E-state index is 12.4. The summed E-state index contributed by atoms with van der Waals surface area (Å²) in [4.78, 5) is 30.6. The van der Waals surface area contributed by atoms with Gasteiger partial charge in [0, 0.05) is 25.2 Å². The third kappa shape index (κ3) is 5.29. The van der Waals surface area contributed by atoms with E-state index in [4.69, 9.17) is 9.26 Å². The Morgan fingerprint density at radius 2 is 2.15 bits per heavy atom. The first-order chi connectivity index (χ1) is 13.2. The maximum Gasteiger partial charge on any atom is 0.321 e. The van der Waals surface area contributed by atoms with E-state index >= 15 is 0 Å². The number of hydrogen-bond acceptors (Lipinski definition) is 6. The molecule has 8 nitrogen and oxygen atoms in total. The van der Waals surface area contributed by atoms with E-state index < -0.39 is 0 Å². The highest BCUT2D eigenvalue weighted by Gasteiger charge is 2.30. The highest BCUT2D eigenvalue weighted by molar-refractivity contribution is 5.89. The van der Waals surface area contributed by atoms with Gasteiger partial charge in [-0.05, 0) is 31.4 Å². The van der Waals surface area contributed by atoms with Crippen LogP contribution in [0.1, 0.15) is 37.9 Å². The number of anilines is 1. The number of esters is 1. The summed E-state index contributed by atoms with van der Waals surface area (Å²) in [5, 5.41) is 6.68. The topological polar surface area (TPSA) is 97.6 Å². The number of carbonyl (C=O) groups is 2. The molecule has 1 saturated heterocycles. The van der Waals surface area contributed by atoms with Gasteiger partial charge in [0.2, 0.25) is 0 Å². The highest BCUT2D eigenvalue weighted by atomic mass is 16.6. The molecule has 1 fully saturated rings. The molecule has 2 aromatic rings. The monoisotopic (exact) mass is 372 g/mol. The van der Waals surface area contributed by atoms with Gasteiger partial charge in [-0.25, -0.2) is 4.79 Å². The summed E-state index contributed by atoms with van der Waals surface area (Å²) in [5.74, 6) is 0.215. The summed E-state index contributed by atoms with van der Waals surface area (Å²) in [6, 6.07) is 9.04. The van der Waals surface area contributed by atoms with Crippen LogP contribution in [0.5, 0.6) is 0 Å². The lowest BCUT2D eigenvalue weighted by Gasteiger charge is -2.31. The van der Waals surface area contributed by atoms with Crippen LogP contribution in [0.2, 0.25) is 0 Å². The number of piperidine rings is 1. The summed E-state index contributed by atoms with van der Waals surface area (Å²) in [7, 11) is 0. The molecular weight excluding hydrogens is 348 g/mol. The summed E-state index contributed by atoms with van der Waals surface area (Å²) in [6.07, 6.45) is 3.09. The van der Waals surface area contributed by atoms with E-state index in [1.165, 1.54) is 0 Å². The van der Waals surface area contributed by atoms with Gasteiger partial charge in [-0.3, -0.25) is 4.79 Å². The van der Waals surface area contributed by atoms with Gasteiger partial charge in [-0.1, -0.05) is 30.3 Å². The number of rotatable bonds is 6. The molecular formula is C19H24N4O4. The van der Waals surface area contributed by atoms with Gasteiger partial charge in [0.15, 0.2) is 12.4 Å². The van der Waals surface area contributed by atoms with Gasteiger partial charge >= 0.3 is 12.0 Å². The average molecular weight is 372 g/mol. The predicted octanol–water partition coefficient (Wildman–Crippen LogP) is 3.01. The minimum absolute atomic E-state index is 0.0394. The van der Waals surface area contributed by atoms with Crippen LogP contribution in [0.25, 0.3) is 0 Å². The molecule has 0 bridgehead atoms. The Hall–Kier alpha value is -2.90. The number of aromatic nitrogens is 2. The first-order valence-electron chi connectivity index (χ1n) is 9.24. The number of amides is 2. The quantitative estimate of drug-likeness (QED) is 0.783. The molecule has 1 aromatic carbocycles. The molecule has 0 radical (unpaired) electrons. The Morgan fingerprint density at radius 1 is 1.33 bits per heavy atom. The van der Waals surface area contributed by atoms with Crippen molar-refractivity contribution in [1.82, 2.24) is 15.0 Å². The number of likely N-dealkylation sites (tertiary alicyclic amines) is 1. The van der Waals surface area contributed by atoms with E-state index in [2.05, 4.69) is 15.5 Å². The van der Waals surface area contributed by atoms with Gasteiger partial charge in [0.1, 0.15) is 0 Å². The molecule has 1 aliphatic heterocycles. The van der Waals surface area contributed by atoms with Crippen molar-refractivity contribution < 1.29 is 18.8 Å². The SMILES string of the molecule is CCCc1noc(COC(=O)C2CCCN(C(=O)Nc3ccccc3)C2)n1. The second-order valence-electron chi connectivity index (χ2n) is 6.54. The first-order valence-corrected chi connectivity index (χ1v) is 9.24. The fourth-order valence-corrected chi connectivity index (χ4v) is 3.00. The molecule has 1 atom stereocenters. The first kappa shape index (κ1) is 18.9. The van der Waals surface area contributed by atoms with Crippen molar-refractivity contribution >= 4 is 17.7 Å². The minimum Gasteiger partial charge on any atom is -0.455 e. The molecule has 0 spiro atoms. The largest absolute Gasteiger partial charge is 0.455 e. The summed E-state index contributed by atoms with van der Waals surface area (Å²) >= 11 is 0. The van der Waals surface area contributed by atoms with Crippen LogP contribution in [0, 0.1) is 5.92 Å². The number of urea groups is 1. The number of para-hydroxylation sites is 1. The van der Waals surface area contributed by atoms with Crippen molar-refractivity contribution in [2.24, 2.45) is 5.92 Å². The number of aryl methyl sites for hydroxylation is 1. The van der Waals surface area contributed by atoms with Crippen LogP contribution in [-0.4, -0.2) is 40.1 Å². The molecule has 0 aliphatic carbocycles. The van der Waals surface area contributed by atoms with Crippen LogP contribution < -0.4 is 5.32 Å². The Kier molecular flexibility index (Phi) is 6.40. The zero-order chi connectivity index (χ0) is 19.1. The molecule has 2 amide bonds. The number of carbonyl (C=O) groups excluding carboxylic acids is 2. The van der Waals surface area contributed by atoms with Crippen molar-refractivity contribution in [3.05, 3.63) is 42.0 Å². The fraction of sp³-hybridized carbons (Fsp3) is 0.474. The van der Waals surface area contributed by atoms with Crippen molar-refractivity contribution in [2.75, 3.05) is 18.4 Å². The van der Waals surface area contributed by atoms with E-state index in [1.807, 2.05) is 37.3 Å². The highest BCUT2D eigenvalue weighted by Crippen LogP contribution is 2.19. The second-order valence-corrected chi connectivity index (χ2v) is 6.54. The lowest BCUT2D eigenvalue weighted by Crippen LogP contribution is -2.44. The van der Waals surface area contributed by atoms with Crippen LogP contribution in [0.15, 0.2) is 34.9 Å². The van der Waals surface area contributed by atoms with Crippen molar-refractivity contribution in [1.29, 1.82) is 0 Å². The number of hydrogen-bond donors (Lipinski definition) is 1. The Morgan fingerprint density at radius 3 is 2.93 bits per heavy atom. The molecule has 2 heterocycles. The summed E-state index contributed by atoms with van der Waals surface area (Å²) < 4.78 is 10.4. The normalized spacial score (nSPS) is 16.8. The van der Waals surface area contributed by atoms with E-state index in [-0.39, 0.29) is 24.5 Å². The second kappa shape index (κ2) is 9.16. The lowest BCUT2D eigenvalue weighted by molar-refractivity contribution is -0.152. The zero-order valence-electron chi connectivity index (χ0n) is 15.4. The smallest absolute Gasteiger partial charge is 0.321 e. The number of benzene rings is 1. The molecule has 1 aliphatic rings. The van der Waals surface area contributed by atoms with Crippen molar-refractivity contribution in [3.63, 3.8) is 0 Å². The third-order valence-corrected chi connectivity index (χ3v) is 4.39. The summed E-state index contributed by atoms with van der Waals surface area (Å²) in [6.45, 7) is 2.94. The Labute approximate surface area is 157 Å². The van der Waals surface area contributed by atoms with E-state index in [0.29, 0.717) is 31.2 Å². The molecule has 1 unspecified atom stereocenters. The molecule has 3 rings (SSSR count). The maximum absolute atomic E-state index is 12.4. The third-order valence-electron chi connectivity index (χ3n) is 4.39. The zero-order valence-corrected chi connectivity index (χ0v) is 15.4. The molecule has 27 heavy (non-hydrogen) atoms. The molecule has 144 valence electrons. The Balaban J connectivity index is 1.49. The standard InChI is InChI=1S/C19H24N4O4/c1-2-7-16-21-17(27-22-16)13-26-18(24)14-8-6-11-23(12-14)19(25)20-15-9-4-3-5-10-15/h3-5,9-10,14H,2,6-8,11-13H2,1H3,(H,20,25). The lowest BCUT2D eigenvalue weighted by atomic mass is 9.98. The number of nitrogens with zero attached hydrogens (tertiary/aromatic N) is 3. The van der Waals surface area contributed by atoms with E-state index in [0.717, 1.165) is 24.9 Å². The van der Waals surface area contributed by atoms with Gasteiger partial charge in [-0.2, -0.15) is 4.98 Å². The van der Waals surface area contributed by atoms with E-state index in [9.17, 15) is 9.59 Å². The average Bonchev–Trinajstić information content (AvgIpc) is 3.15. The number of ether oxygens (including phenoxy) is 1. The molecule has 1 N–H and O–H groups in total. The van der Waals surface area contributed by atoms with Gasteiger partial charge in [0.25, 0.3) is 5.89 Å². The molecule has 8 heteroatoms. The minimum atomic E-state index is -0.349. The van der Waals surface area contributed by atoms with Crippen LogP contribution in [-0.2, 0) is 22.6 Å². The van der Waals surface area contributed by atoms with Gasteiger partial charge in [-0.15, -0.1) is 0 Å².